The van der Waals surface area contributed by atoms with Crippen LogP contribution in [0.2, 0.25) is 0 Å². The molecule has 0 spiro atoms. The molecule has 282 valence electrons. The van der Waals surface area contributed by atoms with Gasteiger partial charge in [0, 0.05) is 39.2 Å². The SMILES string of the molecule is [2H]C[C@@]1(C(=O)N[C@H](C(=O)N(C)[C@H](C[C@@H](OC(C)=O)c2nc(C(=O)N[C@@H](Cc3ccccc3)C[C@H](C)C(=O)OC)cs2)C(C)C)[C@@H](C)CC)CCCN1. The molecule has 0 aliphatic carbocycles. The van der Waals surface area contributed by atoms with Crippen molar-refractivity contribution in [2.24, 2.45) is 17.8 Å². The second kappa shape index (κ2) is 19.1. The van der Waals surface area contributed by atoms with Crippen molar-refractivity contribution in [3.8, 4) is 0 Å². The largest absolute Gasteiger partial charge is 0.469 e. The van der Waals surface area contributed by atoms with Gasteiger partial charge in [0.2, 0.25) is 11.8 Å². The van der Waals surface area contributed by atoms with Gasteiger partial charge in [-0.15, -0.1) is 11.3 Å². The first-order valence-corrected chi connectivity index (χ1v) is 18.7. The van der Waals surface area contributed by atoms with E-state index in [2.05, 4.69) is 20.9 Å². The highest BCUT2D eigenvalue weighted by Crippen LogP contribution is 2.31. The zero-order chi connectivity index (χ0) is 38.6. The molecule has 3 N–H and O–H groups in total. The molecule has 3 amide bonds. The lowest BCUT2D eigenvalue weighted by atomic mass is 9.92. The molecule has 7 atom stereocenters. The van der Waals surface area contributed by atoms with E-state index in [-0.39, 0.29) is 54.7 Å². The van der Waals surface area contributed by atoms with Crippen molar-refractivity contribution in [3.05, 3.63) is 52.0 Å². The molecule has 0 unspecified atom stereocenters. The fourth-order valence-corrected chi connectivity index (χ4v) is 7.30. The van der Waals surface area contributed by atoms with E-state index in [0.717, 1.165) is 12.0 Å². The Morgan fingerprint density at radius 3 is 2.37 bits per heavy atom. The number of hydrogen-bond acceptors (Lipinski definition) is 10. The molecule has 1 aliphatic rings. The molecule has 1 aromatic heterocycles. The molecule has 1 aromatic carbocycles. The van der Waals surface area contributed by atoms with Gasteiger partial charge < -0.3 is 30.3 Å². The van der Waals surface area contributed by atoms with Crippen LogP contribution in [-0.4, -0.2) is 83.9 Å². The number of ether oxygens (including phenoxy) is 2. The Labute approximate surface area is 308 Å². The van der Waals surface area contributed by atoms with E-state index in [0.29, 0.717) is 37.2 Å². The van der Waals surface area contributed by atoms with Gasteiger partial charge in [0.25, 0.3) is 5.91 Å². The van der Waals surface area contributed by atoms with Gasteiger partial charge in [0.15, 0.2) is 6.10 Å². The minimum Gasteiger partial charge on any atom is -0.469 e. The number of methoxy groups -OCH3 is 1. The topological polar surface area (TPSA) is 156 Å². The highest BCUT2D eigenvalue weighted by Gasteiger charge is 2.41. The van der Waals surface area contributed by atoms with Crippen LogP contribution >= 0.6 is 11.3 Å². The number of esters is 2. The second-order valence-corrected chi connectivity index (χ2v) is 15.0. The third-order valence-corrected chi connectivity index (χ3v) is 10.7. The van der Waals surface area contributed by atoms with Crippen LogP contribution in [-0.2, 0) is 35.1 Å². The van der Waals surface area contributed by atoms with Crippen LogP contribution in [0, 0.1) is 17.8 Å². The molecule has 12 nitrogen and oxygen atoms in total. The molecule has 1 fully saturated rings. The van der Waals surface area contributed by atoms with Gasteiger partial charge in [0.05, 0.1) is 18.6 Å². The number of nitrogens with zero attached hydrogens (tertiary/aromatic N) is 2. The molecule has 51 heavy (non-hydrogen) atoms. The first-order chi connectivity index (χ1) is 24.7. The third-order valence-electron chi connectivity index (χ3n) is 9.75. The zero-order valence-electron chi connectivity index (χ0n) is 32.3. The number of carbonyl (C=O) groups excluding carboxylic acids is 5. The molecule has 0 saturated carbocycles. The van der Waals surface area contributed by atoms with Gasteiger partial charge in [-0.05, 0) is 56.5 Å². The second-order valence-electron chi connectivity index (χ2n) is 14.1. The van der Waals surface area contributed by atoms with E-state index in [1.807, 2.05) is 58.0 Å². The van der Waals surface area contributed by atoms with Gasteiger partial charge >= 0.3 is 11.9 Å². The number of nitrogens with one attached hydrogen (secondary N) is 3. The summed E-state index contributed by atoms with van der Waals surface area (Å²) in [6.45, 7) is 11.4. The summed E-state index contributed by atoms with van der Waals surface area (Å²) >= 11 is 1.19. The number of likely N-dealkylation sites (N-methyl/N-ethyl adjacent to an activating group) is 1. The Balaban J connectivity index is 1.83. The van der Waals surface area contributed by atoms with Gasteiger partial charge in [0.1, 0.15) is 16.7 Å². The first-order valence-electron chi connectivity index (χ1n) is 18.5. The van der Waals surface area contributed by atoms with Crippen molar-refractivity contribution in [3.63, 3.8) is 0 Å². The standard InChI is InChI=1S/C38H57N5O7S/c1-10-24(4)32(42-37(48)38(7)17-14-18-39-38)35(46)43(8)30(23(2)3)21-31(50-26(6)44)34-41-29(22-51-34)33(45)40-28(19-25(5)36(47)49-9)20-27-15-12-11-13-16-27/h11-13,15-16,22-25,28,30-32,39H,10,14,17-21H2,1-9H3,(H,40,45)(H,42,48)/t24-,25-,28+,30+,31+,32-,38-/m0/s1/i7D. The average Bonchev–Trinajstić information content (AvgIpc) is 3.82. The Hall–Kier alpha value is -3.84. The average molecular weight is 729 g/mol. The van der Waals surface area contributed by atoms with Crippen molar-refractivity contribution in [2.75, 3.05) is 20.7 Å². The Morgan fingerprint density at radius 2 is 1.80 bits per heavy atom. The van der Waals surface area contributed by atoms with Crippen LogP contribution < -0.4 is 16.0 Å². The highest BCUT2D eigenvalue weighted by atomic mass is 32.1. The highest BCUT2D eigenvalue weighted by molar-refractivity contribution is 7.09. The number of benzene rings is 1. The number of rotatable bonds is 18. The van der Waals surface area contributed by atoms with E-state index in [1.165, 1.54) is 25.4 Å². The maximum atomic E-state index is 14.2. The van der Waals surface area contributed by atoms with Crippen molar-refractivity contribution in [1.82, 2.24) is 25.8 Å². The first kappa shape index (κ1) is 39.9. The maximum absolute atomic E-state index is 14.2. The molecule has 0 radical (unpaired) electrons. The van der Waals surface area contributed by atoms with Crippen LogP contribution in [0.4, 0.5) is 0 Å². The summed E-state index contributed by atoms with van der Waals surface area (Å²) in [6, 6.07) is 8.03. The van der Waals surface area contributed by atoms with E-state index >= 15 is 0 Å². The number of thiazole rings is 1. The third kappa shape index (κ3) is 11.6. The predicted octanol–water partition coefficient (Wildman–Crippen LogP) is 4.83. The van der Waals surface area contributed by atoms with Gasteiger partial charge in [-0.1, -0.05) is 71.4 Å². The summed E-state index contributed by atoms with van der Waals surface area (Å²) in [5.74, 6) is -2.64. The molecule has 0 bridgehead atoms. The van der Waals surface area contributed by atoms with Crippen LogP contribution in [0.25, 0.3) is 0 Å². The van der Waals surface area contributed by atoms with Crippen molar-refractivity contribution in [2.45, 2.75) is 117 Å². The Morgan fingerprint density at radius 1 is 1.10 bits per heavy atom. The summed E-state index contributed by atoms with van der Waals surface area (Å²) in [5.41, 5.74) is 0.131. The molecule has 2 heterocycles. The molecule has 13 heteroatoms. The molecule has 2 aromatic rings. The lowest BCUT2D eigenvalue weighted by Gasteiger charge is -2.37. The van der Waals surface area contributed by atoms with Crippen LogP contribution in [0.5, 0.6) is 0 Å². The summed E-state index contributed by atoms with van der Waals surface area (Å²) in [5, 5.41) is 11.2. The smallest absolute Gasteiger partial charge is 0.308 e. The van der Waals surface area contributed by atoms with E-state index < -0.39 is 41.5 Å². The van der Waals surface area contributed by atoms with Gasteiger partial charge in [-0.3, -0.25) is 24.0 Å². The minimum atomic E-state index is -1.02. The van der Waals surface area contributed by atoms with E-state index in [1.54, 1.807) is 24.3 Å². The van der Waals surface area contributed by atoms with E-state index in [9.17, 15) is 24.0 Å². The number of hydrogen-bond donors (Lipinski definition) is 3. The molecule has 3 rings (SSSR count). The minimum absolute atomic E-state index is 0.0744. The predicted molar refractivity (Wildman–Crippen MR) is 197 cm³/mol. The lowest BCUT2D eigenvalue weighted by Crippen LogP contribution is -2.60. The summed E-state index contributed by atoms with van der Waals surface area (Å²) in [6.07, 6.45) is 2.17. The summed E-state index contributed by atoms with van der Waals surface area (Å²) in [7, 11) is 3.03. The van der Waals surface area contributed by atoms with Crippen molar-refractivity contribution in [1.29, 1.82) is 0 Å². The Bertz CT molecular complexity index is 1500. The fraction of sp³-hybridized carbons (Fsp3) is 0.632. The number of carbonyl (C=O) groups is 5. The summed E-state index contributed by atoms with van der Waals surface area (Å²) in [4.78, 5) is 72.0. The van der Waals surface area contributed by atoms with Crippen molar-refractivity contribution >= 4 is 41.0 Å². The Kier molecular flexibility index (Phi) is 15.0. The number of amides is 3. The summed E-state index contributed by atoms with van der Waals surface area (Å²) < 4.78 is 18.7. The molecule has 1 aliphatic heterocycles. The molecular weight excluding hydrogens is 671 g/mol. The van der Waals surface area contributed by atoms with Crippen molar-refractivity contribution < 1.29 is 34.8 Å². The fourth-order valence-electron chi connectivity index (χ4n) is 6.46. The van der Waals surface area contributed by atoms with Crippen LogP contribution in [0.3, 0.4) is 0 Å². The monoisotopic (exact) mass is 728 g/mol. The van der Waals surface area contributed by atoms with Gasteiger partial charge in [-0.2, -0.15) is 0 Å². The van der Waals surface area contributed by atoms with Crippen LogP contribution in [0.1, 0.15) is 109 Å². The van der Waals surface area contributed by atoms with E-state index in [4.69, 9.17) is 10.8 Å². The quantitative estimate of drug-likeness (QED) is 0.183. The van der Waals surface area contributed by atoms with Crippen LogP contribution in [0.15, 0.2) is 35.7 Å². The normalized spacial score (nSPS) is 19.5. The van der Waals surface area contributed by atoms with Gasteiger partial charge in [-0.25, -0.2) is 4.98 Å². The maximum Gasteiger partial charge on any atom is 0.308 e. The molecule has 1 saturated heterocycles. The zero-order valence-corrected chi connectivity index (χ0v) is 32.1. The lowest BCUT2D eigenvalue weighted by molar-refractivity contribution is -0.149. The number of aromatic nitrogens is 1. The molecular formula is C38H57N5O7S.